The molecule has 1 aliphatic rings. The Morgan fingerprint density at radius 3 is 2.90 bits per heavy atom. The molecule has 0 aromatic carbocycles. The van der Waals surface area contributed by atoms with E-state index in [9.17, 15) is 8.42 Å². The minimum absolute atomic E-state index is 0.399. The van der Waals surface area contributed by atoms with Crippen LogP contribution in [0.2, 0.25) is 0 Å². The maximum atomic E-state index is 12.5. The minimum atomic E-state index is -3.37. The first-order valence-corrected chi connectivity index (χ1v) is 8.79. The molecule has 20 heavy (non-hydrogen) atoms. The number of sulfonamides is 1. The molecule has 1 aromatic heterocycles. The Morgan fingerprint density at radius 1 is 1.50 bits per heavy atom. The summed E-state index contributed by atoms with van der Waals surface area (Å²) in [4.78, 5) is 1.43. The summed E-state index contributed by atoms with van der Waals surface area (Å²) in [6.07, 6.45) is 2.69. The maximum absolute atomic E-state index is 12.5. The van der Waals surface area contributed by atoms with E-state index in [0.29, 0.717) is 31.1 Å². The molecule has 112 valence electrons. The van der Waals surface area contributed by atoms with Crippen LogP contribution in [-0.2, 0) is 21.3 Å². The fourth-order valence-corrected chi connectivity index (χ4v) is 4.79. The van der Waals surface area contributed by atoms with Crippen LogP contribution in [0.3, 0.4) is 0 Å². The summed E-state index contributed by atoms with van der Waals surface area (Å²) in [5, 5.41) is 4.75. The number of thiophene rings is 1. The van der Waals surface area contributed by atoms with Crippen molar-refractivity contribution in [2.75, 3.05) is 33.9 Å². The lowest BCUT2D eigenvalue weighted by molar-refractivity contribution is 0.219. The maximum Gasteiger partial charge on any atom is 0.244 e. The molecule has 0 fully saturated rings. The normalized spacial score (nSPS) is 17.2. The van der Waals surface area contributed by atoms with E-state index >= 15 is 0 Å². The Kier molecular flexibility index (Phi) is 5.34. The van der Waals surface area contributed by atoms with Crippen molar-refractivity contribution in [3.05, 3.63) is 28.0 Å². The quantitative estimate of drug-likeness (QED) is 0.807. The highest BCUT2D eigenvalue weighted by molar-refractivity contribution is 7.89. The van der Waals surface area contributed by atoms with Crippen molar-refractivity contribution in [1.29, 1.82) is 0 Å². The molecule has 7 heteroatoms. The highest BCUT2D eigenvalue weighted by atomic mass is 32.2. The van der Waals surface area contributed by atoms with Gasteiger partial charge in [0, 0.05) is 37.0 Å². The van der Waals surface area contributed by atoms with Gasteiger partial charge in [-0.1, -0.05) is 6.08 Å². The van der Waals surface area contributed by atoms with Gasteiger partial charge < -0.3 is 10.1 Å². The lowest BCUT2D eigenvalue weighted by atomic mass is 10.1. The molecule has 1 aliphatic heterocycles. The highest BCUT2D eigenvalue weighted by Gasteiger charge is 2.26. The van der Waals surface area contributed by atoms with E-state index in [4.69, 9.17) is 4.74 Å². The van der Waals surface area contributed by atoms with E-state index in [-0.39, 0.29) is 0 Å². The number of rotatable bonds is 6. The van der Waals surface area contributed by atoms with Crippen molar-refractivity contribution in [3.8, 4) is 0 Å². The Hall–Kier alpha value is -0.730. The number of hydrogen-bond donors (Lipinski definition) is 1. The zero-order chi connectivity index (χ0) is 14.6. The van der Waals surface area contributed by atoms with Gasteiger partial charge in [0.15, 0.2) is 0 Å². The third kappa shape index (κ3) is 3.48. The molecule has 0 unspecified atom stereocenters. The van der Waals surface area contributed by atoms with Crippen LogP contribution in [0.1, 0.15) is 11.3 Å². The second kappa shape index (κ2) is 6.82. The minimum Gasteiger partial charge on any atom is -0.380 e. The summed E-state index contributed by atoms with van der Waals surface area (Å²) in [6, 6.07) is 1.75. The molecule has 2 rings (SSSR count). The van der Waals surface area contributed by atoms with Crippen LogP contribution >= 0.6 is 11.3 Å². The third-order valence-electron chi connectivity index (χ3n) is 3.21. The summed E-state index contributed by atoms with van der Waals surface area (Å²) in [7, 11) is 0.132. The first kappa shape index (κ1) is 15.7. The lowest BCUT2D eigenvalue weighted by Crippen LogP contribution is -2.35. The monoisotopic (exact) mass is 316 g/mol. The number of nitrogens with one attached hydrogen (secondary N) is 1. The second-order valence-corrected chi connectivity index (χ2v) is 7.62. The van der Waals surface area contributed by atoms with Gasteiger partial charge in [-0.25, -0.2) is 8.42 Å². The van der Waals surface area contributed by atoms with E-state index in [1.807, 2.05) is 13.1 Å². The third-order valence-corrected chi connectivity index (χ3v) is 6.14. The van der Waals surface area contributed by atoms with Crippen molar-refractivity contribution in [1.82, 2.24) is 9.62 Å². The summed E-state index contributed by atoms with van der Waals surface area (Å²) < 4.78 is 31.6. The Labute approximate surface area is 124 Å². The van der Waals surface area contributed by atoms with E-state index in [1.54, 1.807) is 18.6 Å². The molecule has 5 nitrogen and oxygen atoms in total. The van der Waals surface area contributed by atoms with Crippen LogP contribution < -0.4 is 5.32 Å². The summed E-state index contributed by atoms with van der Waals surface area (Å²) in [6.45, 7) is 2.23. The number of methoxy groups -OCH3 is 1. The number of ether oxygens (including phenoxy) is 1. The molecular formula is C13H20N2O3S2. The second-order valence-electron chi connectivity index (χ2n) is 4.69. The highest BCUT2D eigenvalue weighted by Crippen LogP contribution is 2.25. The number of nitrogens with zero attached hydrogens (tertiary/aromatic N) is 1. The molecule has 0 saturated carbocycles. The number of hydrogen-bond acceptors (Lipinski definition) is 5. The fourth-order valence-electron chi connectivity index (χ4n) is 2.14. The van der Waals surface area contributed by atoms with Crippen LogP contribution in [0, 0.1) is 0 Å². The van der Waals surface area contributed by atoms with Crippen LogP contribution in [0.4, 0.5) is 0 Å². The average Bonchev–Trinajstić information content (AvgIpc) is 2.90. The Bertz CT molecular complexity index is 578. The summed E-state index contributed by atoms with van der Waals surface area (Å²) in [5.74, 6) is 0. The molecule has 2 heterocycles. The van der Waals surface area contributed by atoms with Crippen molar-refractivity contribution in [3.63, 3.8) is 0 Å². The van der Waals surface area contributed by atoms with Gasteiger partial charge in [-0.3, -0.25) is 0 Å². The van der Waals surface area contributed by atoms with Gasteiger partial charge in [0.25, 0.3) is 0 Å². The standard InChI is InChI=1S/C13H20N2O3S2/c1-14-8-12-7-13(10-19-12)20(16,17)15-5-3-11(4-6-15)9-18-2/h3,7,10,14H,4-6,8-9H2,1-2H3. The zero-order valence-corrected chi connectivity index (χ0v) is 13.4. The molecule has 0 amide bonds. The molecule has 0 saturated heterocycles. The average molecular weight is 316 g/mol. The largest absolute Gasteiger partial charge is 0.380 e. The zero-order valence-electron chi connectivity index (χ0n) is 11.8. The van der Waals surface area contributed by atoms with Gasteiger partial charge >= 0.3 is 0 Å². The molecule has 1 aromatic rings. The summed E-state index contributed by atoms with van der Waals surface area (Å²) >= 11 is 1.47. The Morgan fingerprint density at radius 2 is 2.30 bits per heavy atom. The van der Waals surface area contributed by atoms with Crippen molar-refractivity contribution < 1.29 is 13.2 Å². The van der Waals surface area contributed by atoms with Crippen molar-refractivity contribution in [2.45, 2.75) is 17.9 Å². The summed E-state index contributed by atoms with van der Waals surface area (Å²) in [5.41, 5.74) is 1.17. The lowest BCUT2D eigenvalue weighted by Gasteiger charge is -2.25. The predicted octanol–water partition coefficient (Wildman–Crippen LogP) is 1.43. The first-order chi connectivity index (χ1) is 9.57. The van der Waals surface area contributed by atoms with E-state index in [0.717, 1.165) is 11.3 Å². The van der Waals surface area contributed by atoms with Crippen molar-refractivity contribution in [2.24, 2.45) is 0 Å². The van der Waals surface area contributed by atoms with Gasteiger partial charge in [-0.15, -0.1) is 11.3 Å². The predicted molar refractivity (Wildman–Crippen MR) is 80.4 cm³/mol. The molecule has 1 N–H and O–H groups in total. The van der Waals surface area contributed by atoms with Crippen molar-refractivity contribution >= 4 is 21.4 Å². The Balaban J connectivity index is 2.11. The van der Waals surface area contributed by atoms with E-state index < -0.39 is 10.0 Å². The molecule has 0 bridgehead atoms. The van der Waals surface area contributed by atoms with Gasteiger partial charge in [0.1, 0.15) is 0 Å². The van der Waals surface area contributed by atoms with Crippen LogP contribution in [-0.4, -0.2) is 46.6 Å². The van der Waals surface area contributed by atoms with Crippen LogP contribution in [0.5, 0.6) is 0 Å². The van der Waals surface area contributed by atoms with Gasteiger partial charge in [-0.05, 0) is 25.1 Å². The molecular weight excluding hydrogens is 296 g/mol. The van der Waals surface area contributed by atoms with E-state index in [2.05, 4.69) is 5.32 Å². The van der Waals surface area contributed by atoms with E-state index in [1.165, 1.54) is 21.2 Å². The molecule has 0 aliphatic carbocycles. The van der Waals surface area contributed by atoms with Gasteiger partial charge in [0.05, 0.1) is 11.5 Å². The van der Waals surface area contributed by atoms with Gasteiger partial charge in [0.2, 0.25) is 10.0 Å². The fraction of sp³-hybridized carbons (Fsp3) is 0.538. The molecule has 0 radical (unpaired) electrons. The van der Waals surface area contributed by atoms with Crippen LogP contribution in [0.15, 0.2) is 28.0 Å². The van der Waals surface area contributed by atoms with Gasteiger partial charge in [-0.2, -0.15) is 4.31 Å². The first-order valence-electron chi connectivity index (χ1n) is 6.47. The van der Waals surface area contributed by atoms with Crippen LogP contribution in [0.25, 0.3) is 0 Å². The SMILES string of the molecule is CNCc1cc(S(=O)(=O)N2CC=C(COC)CC2)cs1. The smallest absolute Gasteiger partial charge is 0.244 e. The molecule has 0 spiro atoms. The topological polar surface area (TPSA) is 58.6 Å². The molecule has 0 atom stereocenters.